The van der Waals surface area contributed by atoms with E-state index in [2.05, 4.69) is 26.1 Å². The highest BCUT2D eigenvalue weighted by molar-refractivity contribution is 5.76. The maximum atomic E-state index is 12.4. The lowest BCUT2D eigenvalue weighted by molar-refractivity contribution is -0.123. The first kappa shape index (κ1) is 44.1. The van der Waals surface area contributed by atoms with Gasteiger partial charge in [-0.2, -0.15) is 0 Å². The molecular weight excluding hydrogens is 554 g/mol. The van der Waals surface area contributed by atoms with Crippen molar-refractivity contribution in [3.63, 3.8) is 0 Å². The molecule has 0 aliphatic heterocycles. The number of aliphatic hydroxyl groups excluding tert-OH is 2. The second-order valence-electron chi connectivity index (χ2n) is 14.3. The molecule has 0 spiro atoms. The number of hydrogen-bond acceptors (Lipinski definition) is 3. The monoisotopic (exact) mass is 636 g/mol. The molecule has 0 bridgehead atoms. The number of unbranched alkanes of at least 4 members (excludes halogenated alkanes) is 25. The van der Waals surface area contributed by atoms with Gasteiger partial charge in [-0.15, -0.1) is 0 Å². The molecule has 4 nitrogen and oxygen atoms in total. The fourth-order valence-corrected chi connectivity index (χ4v) is 6.43. The van der Waals surface area contributed by atoms with Crippen LogP contribution in [-0.4, -0.2) is 34.9 Å². The first-order chi connectivity index (χ1) is 22.0. The Morgan fingerprint density at radius 3 is 1.38 bits per heavy atom. The summed E-state index contributed by atoms with van der Waals surface area (Å²) in [4.78, 5) is 12.4. The minimum absolute atomic E-state index is 0.0623. The summed E-state index contributed by atoms with van der Waals surface area (Å²) in [7, 11) is 0. The molecule has 0 heterocycles. The summed E-state index contributed by atoms with van der Waals surface area (Å²) in [5.74, 6) is 0.695. The van der Waals surface area contributed by atoms with Crippen LogP contribution < -0.4 is 5.32 Å². The van der Waals surface area contributed by atoms with Crippen LogP contribution in [0.5, 0.6) is 0 Å². The number of nitrogens with one attached hydrogen (secondary N) is 1. The van der Waals surface area contributed by atoms with Crippen molar-refractivity contribution in [2.75, 3.05) is 6.61 Å². The van der Waals surface area contributed by atoms with Crippen molar-refractivity contribution < 1.29 is 15.0 Å². The number of carbonyl (C=O) groups is 1. The van der Waals surface area contributed by atoms with Crippen LogP contribution in [-0.2, 0) is 4.79 Å². The van der Waals surface area contributed by atoms with Crippen LogP contribution in [0.1, 0.15) is 220 Å². The Labute approximate surface area is 282 Å². The van der Waals surface area contributed by atoms with E-state index in [1.807, 2.05) is 6.08 Å². The maximum Gasteiger partial charge on any atom is 0.220 e. The summed E-state index contributed by atoms with van der Waals surface area (Å²) in [5.41, 5.74) is 0. The van der Waals surface area contributed by atoms with E-state index in [0.717, 1.165) is 31.6 Å². The third-order valence-corrected chi connectivity index (χ3v) is 9.66. The van der Waals surface area contributed by atoms with Crippen LogP contribution in [0.2, 0.25) is 0 Å². The molecule has 0 radical (unpaired) electrons. The van der Waals surface area contributed by atoms with Gasteiger partial charge in [-0.1, -0.05) is 206 Å². The maximum absolute atomic E-state index is 12.4. The zero-order valence-corrected chi connectivity index (χ0v) is 30.8. The van der Waals surface area contributed by atoms with Gasteiger partial charge in [-0.05, 0) is 25.2 Å². The highest BCUT2D eigenvalue weighted by atomic mass is 16.3. The lowest BCUT2D eigenvalue weighted by atomic mass is 9.96. The van der Waals surface area contributed by atoms with E-state index in [4.69, 9.17) is 0 Å². The lowest BCUT2D eigenvalue weighted by Gasteiger charge is -2.20. The summed E-state index contributed by atoms with van der Waals surface area (Å²) >= 11 is 0. The summed E-state index contributed by atoms with van der Waals surface area (Å²) in [6.07, 6.45) is 43.1. The smallest absolute Gasteiger partial charge is 0.220 e. The van der Waals surface area contributed by atoms with Crippen LogP contribution >= 0.6 is 0 Å². The van der Waals surface area contributed by atoms with E-state index in [1.54, 1.807) is 6.08 Å². The van der Waals surface area contributed by atoms with Crippen molar-refractivity contribution in [3.05, 3.63) is 12.2 Å². The fraction of sp³-hybridized carbons (Fsp3) is 0.927. The summed E-state index contributed by atoms with van der Waals surface area (Å²) < 4.78 is 0. The number of allylic oxidation sites excluding steroid dienone is 1. The van der Waals surface area contributed by atoms with Gasteiger partial charge in [0.15, 0.2) is 0 Å². The van der Waals surface area contributed by atoms with Crippen molar-refractivity contribution in [1.82, 2.24) is 5.32 Å². The van der Waals surface area contributed by atoms with Crippen LogP contribution in [0.3, 0.4) is 0 Å². The molecule has 0 saturated heterocycles. The van der Waals surface area contributed by atoms with Gasteiger partial charge in [0.1, 0.15) is 0 Å². The molecule has 268 valence electrons. The third kappa shape index (κ3) is 32.8. The fourth-order valence-electron chi connectivity index (χ4n) is 6.43. The predicted octanol–water partition coefficient (Wildman–Crippen LogP) is 12.1. The molecule has 1 amide bonds. The largest absolute Gasteiger partial charge is 0.394 e. The van der Waals surface area contributed by atoms with Crippen LogP contribution in [0.25, 0.3) is 0 Å². The standard InChI is InChI=1S/C41H81NO3/c1-4-6-8-10-12-13-14-15-16-17-18-19-20-21-22-23-25-27-32-36-41(45)42-39(37-43)40(44)35-31-28-30-34-38(3)33-29-26-24-11-9-7-5-2/h31,35,38-40,43-44H,4-30,32-34,36-37H2,1-3H3,(H,42,45). The summed E-state index contributed by atoms with van der Waals surface area (Å²) in [6.45, 7) is 6.67. The van der Waals surface area contributed by atoms with Crippen molar-refractivity contribution >= 4 is 5.91 Å². The van der Waals surface area contributed by atoms with E-state index in [0.29, 0.717) is 6.42 Å². The van der Waals surface area contributed by atoms with Gasteiger partial charge < -0.3 is 15.5 Å². The quantitative estimate of drug-likeness (QED) is 0.0474. The molecule has 0 saturated carbocycles. The minimum atomic E-state index is -0.839. The van der Waals surface area contributed by atoms with E-state index >= 15 is 0 Å². The molecule has 0 aliphatic rings. The Balaban J connectivity index is 3.62. The third-order valence-electron chi connectivity index (χ3n) is 9.66. The first-order valence-electron chi connectivity index (χ1n) is 20.3. The zero-order valence-electron chi connectivity index (χ0n) is 30.8. The van der Waals surface area contributed by atoms with Gasteiger partial charge in [-0.25, -0.2) is 0 Å². The molecule has 45 heavy (non-hydrogen) atoms. The first-order valence-corrected chi connectivity index (χ1v) is 20.3. The second kappa shape index (κ2) is 36.0. The van der Waals surface area contributed by atoms with Crippen LogP contribution in [0.15, 0.2) is 12.2 Å². The lowest BCUT2D eigenvalue weighted by Crippen LogP contribution is -2.45. The average molecular weight is 636 g/mol. The van der Waals surface area contributed by atoms with E-state index in [-0.39, 0.29) is 12.5 Å². The SMILES string of the molecule is CCCCCCCCCCCCCCCCCCCCCC(=O)NC(CO)C(O)C=CCCCC(C)CCCCCCCCC. The topological polar surface area (TPSA) is 69.6 Å². The molecule has 3 atom stereocenters. The number of rotatable bonds is 36. The molecule has 0 aliphatic carbocycles. The molecule has 0 fully saturated rings. The summed E-state index contributed by atoms with van der Waals surface area (Å²) in [6, 6.07) is -0.620. The number of aliphatic hydroxyl groups is 2. The van der Waals surface area contributed by atoms with Crippen LogP contribution in [0.4, 0.5) is 0 Å². The van der Waals surface area contributed by atoms with Crippen molar-refractivity contribution in [2.45, 2.75) is 232 Å². The van der Waals surface area contributed by atoms with Crippen LogP contribution in [0, 0.1) is 5.92 Å². The van der Waals surface area contributed by atoms with Gasteiger partial charge in [0.05, 0.1) is 18.8 Å². The second-order valence-corrected chi connectivity index (χ2v) is 14.3. The highest BCUT2D eigenvalue weighted by Gasteiger charge is 2.18. The number of amides is 1. The number of hydrogen-bond donors (Lipinski definition) is 3. The van der Waals surface area contributed by atoms with Crippen molar-refractivity contribution in [2.24, 2.45) is 5.92 Å². The molecule has 0 aromatic heterocycles. The molecule has 4 heteroatoms. The Bertz CT molecular complexity index is 622. The minimum Gasteiger partial charge on any atom is -0.394 e. The van der Waals surface area contributed by atoms with Gasteiger partial charge in [-0.3, -0.25) is 4.79 Å². The Hall–Kier alpha value is -0.870. The molecular formula is C41H81NO3. The molecule has 0 aromatic carbocycles. The summed E-state index contributed by atoms with van der Waals surface area (Å²) in [5, 5.41) is 23.0. The number of carbonyl (C=O) groups excluding carboxylic acids is 1. The zero-order chi connectivity index (χ0) is 33.1. The Kier molecular flexibility index (Phi) is 35.3. The van der Waals surface area contributed by atoms with Crippen molar-refractivity contribution in [1.29, 1.82) is 0 Å². The highest BCUT2D eigenvalue weighted by Crippen LogP contribution is 2.18. The van der Waals surface area contributed by atoms with E-state index in [9.17, 15) is 15.0 Å². The molecule has 0 rings (SSSR count). The average Bonchev–Trinajstić information content (AvgIpc) is 3.04. The normalized spacial score (nSPS) is 13.8. The molecule has 3 unspecified atom stereocenters. The van der Waals surface area contributed by atoms with Crippen molar-refractivity contribution in [3.8, 4) is 0 Å². The van der Waals surface area contributed by atoms with Gasteiger partial charge in [0.2, 0.25) is 5.91 Å². The van der Waals surface area contributed by atoms with Gasteiger partial charge in [0.25, 0.3) is 0 Å². The molecule has 3 N–H and O–H groups in total. The van der Waals surface area contributed by atoms with Gasteiger partial charge >= 0.3 is 0 Å². The Morgan fingerprint density at radius 2 is 0.956 bits per heavy atom. The predicted molar refractivity (Wildman–Crippen MR) is 198 cm³/mol. The Morgan fingerprint density at radius 1 is 0.578 bits per heavy atom. The molecule has 0 aromatic rings. The van der Waals surface area contributed by atoms with Gasteiger partial charge in [0, 0.05) is 6.42 Å². The van der Waals surface area contributed by atoms with E-state index < -0.39 is 12.1 Å². The van der Waals surface area contributed by atoms with E-state index in [1.165, 1.54) is 167 Å².